The molecule has 4 rings (SSSR count). The molecule has 0 saturated carbocycles. The number of thiazole rings is 1. The van der Waals surface area contributed by atoms with Gasteiger partial charge in [-0.1, -0.05) is 24.3 Å². The highest BCUT2D eigenvalue weighted by atomic mass is 32.1. The van der Waals surface area contributed by atoms with Crippen molar-refractivity contribution in [3.8, 4) is 11.3 Å². The number of ether oxygens (including phenoxy) is 1. The number of hydrogen-bond donors (Lipinski definition) is 0. The molecular weight excluding hydrogens is 274 g/mol. The molecule has 1 aromatic heterocycles. The van der Waals surface area contributed by atoms with Crippen molar-refractivity contribution in [2.75, 3.05) is 13.2 Å². The van der Waals surface area contributed by atoms with Gasteiger partial charge in [0.25, 0.3) is 0 Å². The third-order valence-electron chi connectivity index (χ3n) is 3.82. The van der Waals surface area contributed by atoms with E-state index in [0.29, 0.717) is 29.3 Å². The Morgan fingerprint density at radius 3 is 2.50 bits per heavy atom. The monoisotopic (exact) mass is 285 g/mol. The summed E-state index contributed by atoms with van der Waals surface area (Å²) >= 11 is 1.33. The van der Waals surface area contributed by atoms with Gasteiger partial charge < -0.3 is 4.74 Å². The van der Waals surface area contributed by atoms with Crippen molar-refractivity contribution in [1.82, 2.24) is 4.98 Å². The van der Waals surface area contributed by atoms with Crippen molar-refractivity contribution < 1.29 is 14.3 Å². The lowest BCUT2D eigenvalue weighted by molar-refractivity contribution is -0.0500. The molecular formula is C15H11NO3S. The first-order valence-electron chi connectivity index (χ1n) is 6.38. The molecule has 0 unspecified atom stereocenters. The second kappa shape index (κ2) is 3.84. The summed E-state index contributed by atoms with van der Waals surface area (Å²) in [5, 5.41) is 0.881. The van der Waals surface area contributed by atoms with E-state index >= 15 is 0 Å². The minimum atomic E-state index is -0.439. The van der Waals surface area contributed by atoms with Crippen molar-refractivity contribution in [2.24, 2.45) is 0 Å². The fourth-order valence-corrected chi connectivity index (χ4v) is 3.69. The minimum Gasteiger partial charge on any atom is -0.379 e. The molecule has 0 amide bonds. The molecule has 2 heterocycles. The van der Waals surface area contributed by atoms with Crippen LogP contribution in [0.25, 0.3) is 11.3 Å². The zero-order valence-electron chi connectivity index (χ0n) is 10.8. The van der Waals surface area contributed by atoms with E-state index in [9.17, 15) is 9.59 Å². The maximum absolute atomic E-state index is 12.2. The fraction of sp³-hybridized carbons (Fsp3) is 0.267. The molecule has 4 nitrogen and oxygen atoms in total. The largest absolute Gasteiger partial charge is 0.379 e. The first-order valence-corrected chi connectivity index (χ1v) is 7.19. The normalized spacial score (nSPS) is 19.2. The zero-order chi connectivity index (χ0) is 13.9. The van der Waals surface area contributed by atoms with Crippen LogP contribution in [0.15, 0.2) is 24.3 Å². The third kappa shape index (κ3) is 1.42. The van der Waals surface area contributed by atoms with Crippen LogP contribution in [0, 0.1) is 0 Å². The predicted octanol–water partition coefficient (Wildman–Crippen LogP) is 2.48. The average molecular weight is 285 g/mol. The number of carbonyl (C=O) groups excluding carboxylic acids is 2. The Morgan fingerprint density at radius 1 is 1.15 bits per heavy atom. The zero-order valence-corrected chi connectivity index (χ0v) is 11.6. The Labute approximate surface area is 119 Å². The maximum atomic E-state index is 12.2. The highest BCUT2D eigenvalue weighted by Crippen LogP contribution is 2.41. The van der Waals surface area contributed by atoms with Crippen LogP contribution in [-0.4, -0.2) is 29.8 Å². The molecule has 1 saturated heterocycles. The van der Waals surface area contributed by atoms with Crippen LogP contribution >= 0.6 is 11.3 Å². The van der Waals surface area contributed by atoms with E-state index < -0.39 is 11.6 Å². The van der Waals surface area contributed by atoms with Crippen molar-refractivity contribution in [3.63, 3.8) is 0 Å². The molecule has 0 spiro atoms. The summed E-state index contributed by atoms with van der Waals surface area (Å²) in [6.07, 6.45) is 0. The lowest BCUT2D eigenvalue weighted by Gasteiger charge is -2.35. The fourth-order valence-electron chi connectivity index (χ4n) is 2.56. The number of ketones is 2. The molecule has 20 heavy (non-hydrogen) atoms. The molecule has 1 aliphatic carbocycles. The summed E-state index contributed by atoms with van der Waals surface area (Å²) in [5.74, 6) is -0.871. The van der Waals surface area contributed by atoms with Crippen LogP contribution in [0.4, 0.5) is 0 Å². The van der Waals surface area contributed by atoms with E-state index in [1.54, 1.807) is 12.1 Å². The molecule has 100 valence electrons. The minimum absolute atomic E-state index is 0.125. The second-order valence-electron chi connectivity index (χ2n) is 5.45. The van der Waals surface area contributed by atoms with Gasteiger partial charge in [-0.15, -0.1) is 11.3 Å². The number of hydrogen-bond acceptors (Lipinski definition) is 5. The Hall–Kier alpha value is -1.85. The Bertz CT molecular complexity index is 758. The van der Waals surface area contributed by atoms with Crippen molar-refractivity contribution in [3.05, 3.63) is 39.7 Å². The lowest BCUT2D eigenvalue weighted by atomic mass is 9.89. The first-order chi connectivity index (χ1) is 9.60. The van der Waals surface area contributed by atoms with Crippen LogP contribution in [0.1, 0.15) is 32.0 Å². The summed E-state index contributed by atoms with van der Waals surface area (Å²) in [4.78, 5) is 29.4. The highest BCUT2D eigenvalue weighted by Gasteiger charge is 2.42. The van der Waals surface area contributed by atoms with Gasteiger partial charge in [0.1, 0.15) is 9.88 Å². The van der Waals surface area contributed by atoms with E-state index in [2.05, 4.69) is 11.9 Å². The van der Waals surface area contributed by atoms with Crippen LogP contribution in [-0.2, 0) is 10.2 Å². The SMILES string of the molecule is CC1(c2nc3c(s2)C(=O)C(=O)c2ccccc2-3)COC1. The molecule has 2 aromatic rings. The Morgan fingerprint density at radius 2 is 1.85 bits per heavy atom. The number of benzene rings is 1. The molecule has 0 atom stereocenters. The van der Waals surface area contributed by atoms with Gasteiger partial charge in [0.05, 0.1) is 24.3 Å². The molecule has 0 radical (unpaired) electrons. The Kier molecular flexibility index (Phi) is 2.29. The van der Waals surface area contributed by atoms with Gasteiger partial charge in [-0.2, -0.15) is 0 Å². The topological polar surface area (TPSA) is 56.3 Å². The van der Waals surface area contributed by atoms with Crippen LogP contribution in [0.3, 0.4) is 0 Å². The summed E-state index contributed by atoms with van der Waals surface area (Å²) in [7, 11) is 0. The van der Waals surface area contributed by atoms with Crippen molar-refractivity contribution in [1.29, 1.82) is 0 Å². The molecule has 1 aliphatic heterocycles. The van der Waals surface area contributed by atoms with Crippen LogP contribution in [0.5, 0.6) is 0 Å². The number of aromatic nitrogens is 1. The molecule has 1 fully saturated rings. The summed E-state index contributed by atoms with van der Waals surface area (Å²) in [6, 6.07) is 7.16. The summed E-state index contributed by atoms with van der Waals surface area (Å²) in [6.45, 7) is 3.30. The Balaban J connectivity index is 1.95. The molecule has 0 N–H and O–H groups in total. The van der Waals surface area contributed by atoms with E-state index in [0.717, 1.165) is 10.6 Å². The number of rotatable bonds is 1. The van der Waals surface area contributed by atoms with Gasteiger partial charge in [0.2, 0.25) is 11.6 Å². The van der Waals surface area contributed by atoms with Gasteiger partial charge in [-0.3, -0.25) is 9.59 Å². The summed E-state index contributed by atoms with van der Waals surface area (Å²) < 4.78 is 5.26. The van der Waals surface area contributed by atoms with E-state index in [1.165, 1.54) is 11.3 Å². The number of carbonyl (C=O) groups is 2. The quantitative estimate of drug-likeness (QED) is 0.755. The second-order valence-corrected chi connectivity index (χ2v) is 6.45. The predicted molar refractivity (Wildman–Crippen MR) is 74.4 cm³/mol. The third-order valence-corrected chi connectivity index (χ3v) is 5.18. The standard InChI is InChI=1S/C15H11NO3S/c1-15(6-19-7-15)14-16-10-8-4-2-3-5-9(8)11(17)12(18)13(10)20-14/h2-5H,6-7H2,1H3. The van der Waals surface area contributed by atoms with Crippen molar-refractivity contribution in [2.45, 2.75) is 12.3 Å². The molecule has 5 heteroatoms. The van der Waals surface area contributed by atoms with Crippen molar-refractivity contribution >= 4 is 22.9 Å². The lowest BCUT2D eigenvalue weighted by Crippen LogP contribution is -2.43. The van der Waals surface area contributed by atoms with Gasteiger partial charge in [0, 0.05) is 11.1 Å². The summed E-state index contributed by atoms with van der Waals surface area (Å²) in [5.41, 5.74) is 1.74. The van der Waals surface area contributed by atoms with E-state index in [4.69, 9.17) is 4.74 Å². The molecule has 0 bridgehead atoms. The van der Waals surface area contributed by atoms with Gasteiger partial charge in [-0.05, 0) is 6.92 Å². The van der Waals surface area contributed by atoms with Gasteiger partial charge >= 0.3 is 0 Å². The number of nitrogens with zero attached hydrogens (tertiary/aromatic N) is 1. The molecule has 2 aliphatic rings. The van der Waals surface area contributed by atoms with E-state index in [1.807, 2.05) is 12.1 Å². The smallest absolute Gasteiger partial charge is 0.245 e. The number of fused-ring (bicyclic) bond motifs is 3. The van der Waals surface area contributed by atoms with Gasteiger partial charge in [0.15, 0.2) is 0 Å². The maximum Gasteiger partial charge on any atom is 0.245 e. The average Bonchev–Trinajstić information content (AvgIpc) is 2.88. The van der Waals surface area contributed by atoms with E-state index in [-0.39, 0.29) is 5.41 Å². The van der Waals surface area contributed by atoms with Gasteiger partial charge in [-0.25, -0.2) is 4.98 Å². The highest BCUT2D eigenvalue weighted by molar-refractivity contribution is 7.15. The van der Waals surface area contributed by atoms with Crippen LogP contribution in [0.2, 0.25) is 0 Å². The number of Topliss-reactive ketones (excluding diaryl/α,β-unsaturated/α-hetero) is 2. The first kappa shape index (κ1) is 11.9. The molecule has 1 aromatic carbocycles. The van der Waals surface area contributed by atoms with Crippen LogP contribution < -0.4 is 0 Å².